The highest BCUT2D eigenvalue weighted by atomic mass is 16.6. The largest absolute Gasteiger partial charge is 0.379 e. The third-order valence-electron chi connectivity index (χ3n) is 3.96. The number of ether oxygens (including phenoxy) is 1. The van der Waals surface area contributed by atoms with Gasteiger partial charge in [0.05, 0.1) is 18.1 Å². The smallest absolute Gasteiger partial charge is 0.293 e. The van der Waals surface area contributed by atoms with Gasteiger partial charge in [-0.25, -0.2) is 0 Å². The second-order valence-corrected chi connectivity index (χ2v) is 5.81. The number of amides is 1. The number of hydrogen-bond donors (Lipinski definition) is 1. The summed E-state index contributed by atoms with van der Waals surface area (Å²) in [6, 6.07) is 4.44. The minimum Gasteiger partial charge on any atom is -0.379 e. The molecule has 1 saturated heterocycles. The quantitative estimate of drug-likeness (QED) is 0.605. The van der Waals surface area contributed by atoms with E-state index in [-0.39, 0.29) is 17.2 Å². The molecule has 2 aromatic rings. The van der Waals surface area contributed by atoms with Crippen molar-refractivity contribution in [2.75, 3.05) is 38.2 Å². The normalized spacial score (nSPS) is 14.3. The molecule has 10 nitrogen and oxygen atoms in total. The van der Waals surface area contributed by atoms with Crippen LogP contribution < -0.4 is 5.32 Å². The van der Waals surface area contributed by atoms with Crippen LogP contribution >= 0.6 is 0 Å². The number of carbonyl (C=O) groups is 1. The minimum atomic E-state index is -0.505. The first kappa shape index (κ1) is 17.8. The van der Waals surface area contributed by atoms with Crippen molar-refractivity contribution in [3.05, 3.63) is 45.6 Å². The average Bonchev–Trinajstić information content (AvgIpc) is 3.07. The topological polar surface area (TPSA) is 124 Å². The second kappa shape index (κ2) is 7.91. The average molecular weight is 361 g/mol. The molecule has 1 N–H and O–H groups in total. The van der Waals surface area contributed by atoms with Crippen LogP contribution in [0.3, 0.4) is 0 Å². The fourth-order valence-electron chi connectivity index (χ4n) is 2.66. The van der Waals surface area contributed by atoms with Gasteiger partial charge in [0.15, 0.2) is 5.82 Å². The Bertz CT molecular complexity index is 800. The monoisotopic (exact) mass is 361 g/mol. The number of benzene rings is 1. The summed E-state index contributed by atoms with van der Waals surface area (Å²) in [6.45, 7) is 4.02. The maximum atomic E-state index is 12.5. The van der Waals surface area contributed by atoms with Crippen LogP contribution in [0, 0.1) is 17.0 Å². The van der Waals surface area contributed by atoms with Crippen molar-refractivity contribution in [3.8, 4) is 0 Å². The van der Waals surface area contributed by atoms with Crippen molar-refractivity contribution in [1.29, 1.82) is 0 Å². The van der Waals surface area contributed by atoms with Gasteiger partial charge < -0.3 is 19.5 Å². The molecule has 0 unspecified atom stereocenters. The van der Waals surface area contributed by atoms with E-state index < -0.39 is 4.92 Å². The molecule has 1 aliphatic rings. The molecule has 1 aliphatic heterocycles. The Labute approximate surface area is 149 Å². The lowest BCUT2D eigenvalue weighted by Gasteiger charge is -2.26. The fourth-order valence-corrected chi connectivity index (χ4v) is 2.66. The number of carbonyl (C=O) groups excluding carboxylic acids is 1. The molecule has 1 aromatic heterocycles. The van der Waals surface area contributed by atoms with E-state index in [0.29, 0.717) is 56.7 Å². The summed E-state index contributed by atoms with van der Waals surface area (Å²) in [7, 11) is 0. The number of aromatic nitrogens is 2. The molecule has 0 atom stereocenters. The highest BCUT2D eigenvalue weighted by molar-refractivity contribution is 5.95. The fraction of sp³-hybridized carbons (Fsp3) is 0.438. The van der Waals surface area contributed by atoms with Crippen LogP contribution in [0.15, 0.2) is 22.7 Å². The summed E-state index contributed by atoms with van der Waals surface area (Å²) in [4.78, 5) is 29.1. The molecular formula is C16H19N5O5. The van der Waals surface area contributed by atoms with Crippen molar-refractivity contribution in [3.63, 3.8) is 0 Å². The number of anilines is 1. The van der Waals surface area contributed by atoms with Gasteiger partial charge in [-0.1, -0.05) is 5.16 Å². The first-order chi connectivity index (χ1) is 12.5. The summed E-state index contributed by atoms with van der Waals surface area (Å²) in [5.41, 5.74) is 0.479. The lowest BCUT2D eigenvalue weighted by atomic mass is 10.1. The lowest BCUT2D eigenvalue weighted by Crippen LogP contribution is -2.40. The van der Waals surface area contributed by atoms with Gasteiger partial charge in [0.2, 0.25) is 5.89 Å². The molecule has 0 bridgehead atoms. The van der Waals surface area contributed by atoms with Gasteiger partial charge in [0.25, 0.3) is 11.6 Å². The van der Waals surface area contributed by atoms with E-state index in [1.165, 1.54) is 6.07 Å². The van der Waals surface area contributed by atoms with E-state index in [2.05, 4.69) is 15.5 Å². The maximum Gasteiger partial charge on any atom is 0.293 e. The third-order valence-corrected chi connectivity index (χ3v) is 3.96. The number of nitrogens with zero attached hydrogens (tertiary/aromatic N) is 4. The van der Waals surface area contributed by atoms with Crippen molar-refractivity contribution in [2.24, 2.45) is 0 Å². The highest BCUT2D eigenvalue weighted by Gasteiger charge is 2.22. The Morgan fingerprint density at radius 2 is 2.15 bits per heavy atom. The van der Waals surface area contributed by atoms with Gasteiger partial charge in [-0.3, -0.25) is 14.9 Å². The van der Waals surface area contributed by atoms with Crippen LogP contribution in [0.1, 0.15) is 22.1 Å². The molecule has 0 saturated carbocycles. The Hall–Kier alpha value is -3.01. The van der Waals surface area contributed by atoms with Crippen molar-refractivity contribution >= 4 is 17.3 Å². The molecule has 26 heavy (non-hydrogen) atoms. The molecule has 1 aromatic carbocycles. The number of nitrogens with one attached hydrogen (secondary N) is 1. The molecular weight excluding hydrogens is 342 g/mol. The lowest BCUT2D eigenvalue weighted by molar-refractivity contribution is -0.384. The van der Waals surface area contributed by atoms with Crippen LogP contribution in [0.5, 0.6) is 0 Å². The summed E-state index contributed by atoms with van der Waals surface area (Å²) < 4.78 is 10.2. The molecule has 0 spiro atoms. The Morgan fingerprint density at radius 1 is 1.38 bits per heavy atom. The van der Waals surface area contributed by atoms with E-state index in [1.54, 1.807) is 24.0 Å². The summed E-state index contributed by atoms with van der Waals surface area (Å²) in [5, 5.41) is 18.1. The van der Waals surface area contributed by atoms with Crippen molar-refractivity contribution in [2.45, 2.75) is 13.3 Å². The molecule has 0 radical (unpaired) electrons. The third kappa shape index (κ3) is 4.14. The standard InChI is InChI=1S/C16H19N5O5/c1-11-18-15(26-19-11)4-5-17-13-3-2-12(10-14(13)21(23)24)16(22)20-6-8-25-9-7-20/h2-3,10,17H,4-9H2,1H3. The van der Waals surface area contributed by atoms with Gasteiger partial charge in [0.1, 0.15) is 5.69 Å². The zero-order chi connectivity index (χ0) is 18.5. The van der Waals surface area contributed by atoms with E-state index >= 15 is 0 Å². The molecule has 0 aliphatic carbocycles. The van der Waals surface area contributed by atoms with Crippen molar-refractivity contribution < 1.29 is 19.0 Å². The highest BCUT2D eigenvalue weighted by Crippen LogP contribution is 2.26. The Morgan fingerprint density at radius 3 is 2.81 bits per heavy atom. The second-order valence-electron chi connectivity index (χ2n) is 5.81. The Balaban J connectivity index is 1.69. The van der Waals surface area contributed by atoms with Gasteiger partial charge in [-0.05, 0) is 19.1 Å². The zero-order valence-electron chi connectivity index (χ0n) is 14.3. The predicted octanol–water partition coefficient (Wildman–Crippen LogP) is 1.41. The number of rotatable bonds is 6. The molecule has 10 heteroatoms. The van der Waals surface area contributed by atoms with Gasteiger partial charge in [0, 0.05) is 37.7 Å². The SMILES string of the molecule is Cc1noc(CCNc2ccc(C(=O)N3CCOCC3)cc2[N+](=O)[O-])n1. The van der Waals surface area contributed by atoms with Crippen LogP contribution in [-0.4, -0.2) is 58.7 Å². The van der Waals surface area contributed by atoms with Crippen LogP contribution in [0.4, 0.5) is 11.4 Å². The Kier molecular flexibility index (Phi) is 5.42. The summed E-state index contributed by atoms with van der Waals surface area (Å²) >= 11 is 0. The van der Waals surface area contributed by atoms with Crippen molar-refractivity contribution in [1.82, 2.24) is 15.0 Å². The van der Waals surface area contributed by atoms with Gasteiger partial charge >= 0.3 is 0 Å². The maximum absolute atomic E-state index is 12.5. The molecule has 1 fully saturated rings. The molecule has 3 rings (SSSR count). The van der Waals surface area contributed by atoms with E-state index in [9.17, 15) is 14.9 Å². The van der Waals surface area contributed by atoms with Crippen LogP contribution in [-0.2, 0) is 11.2 Å². The van der Waals surface area contributed by atoms with E-state index in [4.69, 9.17) is 9.26 Å². The van der Waals surface area contributed by atoms with Crippen LogP contribution in [0.2, 0.25) is 0 Å². The molecule has 2 heterocycles. The van der Waals surface area contributed by atoms with Crippen LogP contribution in [0.25, 0.3) is 0 Å². The van der Waals surface area contributed by atoms with E-state index in [0.717, 1.165) is 0 Å². The van der Waals surface area contributed by atoms with E-state index in [1.807, 2.05) is 0 Å². The molecule has 138 valence electrons. The first-order valence-corrected chi connectivity index (χ1v) is 8.23. The number of hydrogen-bond acceptors (Lipinski definition) is 8. The number of aryl methyl sites for hydroxylation is 1. The summed E-state index contributed by atoms with van der Waals surface area (Å²) in [5.74, 6) is 0.762. The number of morpholine rings is 1. The predicted molar refractivity (Wildman–Crippen MR) is 91.0 cm³/mol. The summed E-state index contributed by atoms with van der Waals surface area (Å²) in [6.07, 6.45) is 0.437. The van der Waals surface area contributed by atoms with Gasteiger partial charge in [-0.15, -0.1) is 0 Å². The molecule has 1 amide bonds. The zero-order valence-corrected chi connectivity index (χ0v) is 14.3. The van der Waals surface area contributed by atoms with Gasteiger partial charge in [-0.2, -0.15) is 4.98 Å². The minimum absolute atomic E-state index is 0.147. The first-order valence-electron chi connectivity index (χ1n) is 8.23. The number of nitro groups is 1. The number of nitro benzene ring substituents is 1.